The normalized spacial score (nSPS) is 10.1. The highest BCUT2D eigenvalue weighted by Gasteiger charge is 2.09. The van der Waals surface area contributed by atoms with Crippen molar-refractivity contribution in [2.75, 3.05) is 11.9 Å². The Labute approximate surface area is 89.7 Å². The van der Waals surface area contributed by atoms with E-state index in [2.05, 4.69) is 0 Å². The van der Waals surface area contributed by atoms with Gasteiger partial charge in [0.2, 0.25) is 5.91 Å². The van der Waals surface area contributed by atoms with Gasteiger partial charge >= 0.3 is 0 Å². The summed E-state index contributed by atoms with van der Waals surface area (Å²) in [6, 6.07) is 5.94. The summed E-state index contributed by atoms with van der Waals surface area (Å²) in [5.74, 6) is -0.211. The topological polar surface area (TPSA) is 20.3 Å². The summed E-state index contributed by atoms with van der Waals surface area (Å²) >= 11 is 0. The summed E-state index contributed by atoms with van der Waals surface area (Å²) in [6.45, 7) is 2.05. The number of unbranched alkanes of at least 4 members (excludes halogenated alkanes) is 1. The minimum atomic E-state index is -0.284. The summed E-state index contributed by atoms with van der Waals surface area (Å²) < 4.78 is 12.7. The second-order valence-corrected chi connectivity index (χ2v) is 3.53. The number of carbonyl (C=O) groups is 1. The van der Waals surface area contributed by atoms with E-state index in [1.54, 1.807) is 24.1 Å². The third kappa shape index (κ3) is 3.35. The molecule has 0 saturated heterocycles. The zero-order valence-corrected chi connectivity index (χ0v) is 9.16. The van der Waals surface area contributed by atoms with Crippen molar-refractivity contribution in [3.8, 4) is 0 Å². The first kappa shape index (κ1) is 11.7. The lowest BCUT2D eigenvalue weighted by atomic mass is 10.2. The lowest BCUT2D eigenvalue weighted by Gasteiger charge is -2.16. The van der Waals surface area contributed by atoms with Gasteiger partial charge in [-0.3, -0.25) is 4.79 Å². The molecule has 1 rings (SSSR count). The lowest BCUT2D eigenvalue weighted by molar-refractivity contribution is -0.118. The molecule has 15 heavy (non-hydrogen) atoms. The number of hydrogen-bond acceptors (Lipinski definition) is 1. The van der Waals surface area contributed by atoms with Gasteiger partial charge in [0, 0.05) is 19.2 Å². The predicted octanol–water partition coefficient (Wildman–Crippen LogP) is 2.98. The predicted molar refractivity (Wildman–Crippen MR) is 59.3 cm³/mol. The summed E-state index contributed by atoms with van der Waals surface area (Å²) in [5, 5.41) is 0. The number of anilines is 1. The van der Waals surface area contributed by atoms with Crippen molar-refractivity contribution in [2.24, 2.45) is 0 Å². The van der Waals surface area contributed by atoms with E-state index >= 15 is 0 Å². The molecule has 0 N–H and O–H groups in total. The smallest absolute Gasteiger partial charge is 0.226 e. The fourth-order valence-electron chi connectivity index (χ4n) is 1.30. The van der Waals surface area contributed by atoms with Gasteiger partial charge in [-0.15, -0.1) is 0 Å². The molecule has 0 aliphatic heterocycles. The van der Waals surface area contributed by atoms with Crippen molar-refractivity contribution >= 4 is 11.6 Å². The Morgan fingerprint density at radius 2 is 1.93 bits per heavy atom. The van der Waals surface area contributed by atoms with Crippen LogP contribution in [-0.4, -0.2) is 13.0 Å². The number of amides is 1. The largest absolute Gasteiger partial charge is 0.316 e. The number of carbonyl (C=O) groups excluding carboxylic acids is 1. The Morgan fingerprint density at radius 3 is 2.47 bits per heavy atom. The van der Waals surface area contributed by atoms with Gasteiger partial charge in [-0.05, 0) is 30.7 Å². The molecule has 1 amide bonds. The molecule has 0 aliphatic carbocycles. The van der Waals surface area contributed by atoms with Crippen molar-refractivity contribution in [1.82, 2.24) is 0 Å². The van der Waals surface area contributed by atoms with Crippen LogP contribution in [0.1, 0.15) is 26.2 Å². The van der Waals surface area contributed by atoms with Gasteiger partial charge in [0.25, 0.3) is 0 Å². The quantitative estimate of drug-likeness (QED) is 0.746. The van der Waals surface area contributed by atoms with Crippen molar-refractivity contribution in [2.45, 2.75) is 26.2 Å². The summed E-state index contributed by atoms with van der Waals surface area (Å²) in [5.41, 5.74) is 0.734. The highest BCUT2D eigenvalue weighted by Crippen LogP contribution is 2.14. The van der Waals surface area contributed by atoms with Crippen LogP contribution in [0, 0.1) is 5.82 Å². The highest BCUT2D eigenvalue weighted by atomic mass is 19.1. The van der Waals surface area contributed by atoms with Gasteiger partial charge in [0.15, 0.2) is 0 Å². The SMILES string of the molecule is CCCCC(=O)N(C)c1ccc(F)cc1. The van der Waals surface area contributed by atoms with Crippen LogP contribution < -0.4 is 4.90 Å². The van der Waals surface area contributed by atoms with Gasteiger partial charge in [-0.25, -0.2) is 4.39 Å². The maximum Gasteiger partial charge on any atom is 0.226 e. The van der Waals surface area contributed by atoms with Crippen molar-refractivity contribution < 1.29 is 9.18 Å². The van der Waals surface area contributed by atoms with E-state index in [9.17, 15) is 9.18 Å². The molecular formula is C12H16FNO. The van der Waals surface area contributed by atoms with Gasteiger partial charge in [0.05, 0.1) is 0 Å². The second-order valence-electron chi connectivity index (χ2n) is 3.53. The lowest BCUT2D eigenvalue weighted by Crippen LogP contribution is -2.25. The van der Waals surface area contributed by atoms with Crippen LogP contribution in [0.15, 0.2) is 24.3 Å². The van der Waals surface area contributed by atoms with Gasteiger partial charge in [-0.2, -0.15) is 0 Å². The van der Waals surface area contributed by atoms with Gasteiger partial charge in [-0.1, -0.05) is 13.3 Å². The van der Waals surface area contributed by atoms with E-state index in [0.29, 0.717) is 6.42 Å². The maximum atomic E-state index is 12.7. The van der Waals surface area contributed by atoms with E-state index < -0.39 is 0 Å². The molecule has 0 atom stereocenters. The fraction of sp³-hybridized carbons (Fsp3) is 0.417. The summed E-state index contributed by atoms with van der Waals surface area (Å²) in [7, 11) is 1.71. The average molecular weight is 209 g/mol. The molecule has 0 unspecified atom stereocenters. The average Bonchev–Trinajstić information content (AvgIpc) is 2.26. The Morgan fingerprint density at radius 1 is 1.33 bits per heavy atom. The minimum absolute atomic E-state index is 0.0726. The molecule has 2 nitrogen and oxygen atoms in total. The Hall–Kier alpha value is -1.38. The molecular weight excluding hydrogens is 193 g/mol. The first-order chi connectivity index (χ1) is 7.15. The van der Waals surface area contributed by atoms with Crippen LogP contribution in [-0.2, 0) is 4.79 Å². The molecule has 0 bridgehead atoms. The van der Waals surface area contributed by atoms with Crippen LogP contribution in [0.4, 0.5) is 10.1 Å². The minimum Gasteiger partial charge on any atom is -0.316 e. The zero-order valence-electron chi connectivity index (χ0n) is 9.16. The van der Waals surface area contributed by atoms with Crippen molar-refractivity contribution in [1.29, 1.82) is 0 Å². The molecule has 0 radical (unpaired) electrons. The third-order valence-electron chi connectivity index (χ3n) is 2.33. The van der Waals surface area contributed by atoms with Crippen LogP contribution in [0.2, 0.25) is 0 Å². The molecule has 0 aliphatic rings. The Bertz CT molecular complexity index is 321. The standard InChI is InChI=1S/C12H16FNO/c1-3-4-5-12(15)14(2)11-8-6-10(13)7-9-11/h6-9H,3-5H2,1-2H3. The number of benzene rings is 1. The summed E-state index contributed by atoms with van der Waals surface area (Å²) in [6.07, 6.45) is 2.44. The van der Waals surface area contributed by atoms with E-state index in [1.165, 1.54) is 12.1 Å². The molecule has 0 spiro atoms. The molecule has 1 aromatic rings. The summed E-state index contributed by atoms with van der Waals surface area (Å²) in [4.78, 5) is 13.2. The number of nitrogens with zero attached hydrogens (tertiary/aromatic N) is 1. The third-order valence-corrected chi connectivity index (χ3v) is 2.33. The molecule has 0 fully saturated rings. The first-order valence-electron chi connectivity index (χ1n) is 5.17. The number of rotatable bonds is 4. The fourth-order valence-corrected chi connectivity index (χ4v) is 1.30. The van der Waals surface area contributed by atoms with Gasteiger partial charge in [0.1, 0.15) is 5.82 Å². The Balaban J connectivity index is 2.63. The number of hydrogen-bond donors (Lipinski definition) is 0. The number of halogens is 1. The van der Waals surface area contributed by atoms with Gasteiger partial charge < -0.3 is 4.90 Å². The molecule has 0 heterocycles. The van der Waals surface area contributed by atoms with Crippen LogP contribution in [0.5, 0.6) is 0 Å². The molecule has 82 valence electrons. The van der Waals surface area contributed by atoms with Crippen LogP contribution in [0.3, 0.4) is 0 Å². The first-order valence-corrected chi connectivity index (χ1v) is 5.17. The molecule has 1 aromatic carbocycles. The Kier molecular flexibility index (Phi) is 4.28. The van der Waals surface area contributed by atoms with E-state index in [-0.39, 0.29) is 11.7 Å². The van der Waals surface area contributed by atoms with E-state index in [1.807, 2.05) is 6.92 Å². The molecule has 3 heteroatoms. The van der Waals surface area contributed by atoms with Crippen LogP contribution in [0.25, 0.3) is 0 Å². The van der Waals surface area contributed by atoms with Crippen LogP contribution >= 0.6 is 0 Å². The zero-order chi connectivity index (χ0) is 11.3. The highest BCUT2D eigenvalue weighted by molar-refractivity contribution is 5.92. The monoisotopic (exact) mass is 209 g/mol. The van der Waals surface area contributed by atoms with E-state index in [4.69, 9.17) is 0 Å². The van der Waals surface area contributed by atoms with Crippen molar-refractivity contribution in [3.05, 3.63) is 30.1 Å². The molecule has 0 saturated carbocycles. The second kappa shape index (κ2) is 5.49. The van der Waals surface area contributed by atoms with Crippen molar-refractivity contribution in [3.63, 3.8) is 0 Å². The van der Waals surface area contributed by atoms with E-state index in [0.717, 1.165) is 18.5 Å². The maximum absolute atomic E-state index is 12.7. The molecule has 0 aromatic heterocycles.